The van der Waals surface area contributed by atoms with Crippen LogP contribution in [0.1, 0.15) is 46.4 Å². The number of nitro groups is 1. The van der Waals surface area contributed by atoms with Crippen molar-refractivity contribution in [2.24, 2.45) is 5.92 Å². The zero-order chi connectivity index (χ0) is 19.8. The maximum Gasteiger partial charge on any atom is 0.273 e. The van der Waals surface area contributed by atoms with E-state index in [1.54, 1.807) is 4.90 Å². The van der Waals surface area contributed by atoms with E-state index in [0.29, 0.717) is 38.4 Å². The molecule has 1 aromatic heterocycles. The van der Waals surface area contributed by atoms with Gasteiger partial charge in [-0.3, -0.25) is 19.7 Å². The molecule has 1 fully saturated rings. The van der Waals surface area contributed by atoms with E-state index in [1.807, 2.05) is 25.1 Å². The van der Waals surface area contributed by atoms with Gasteiger partial charge in [0.1, 0.15) is 12.2 Å². The molecule has 0 saturated heterocycles. The third-order valence-electron chi connectivity index (χ3n) is 5.19. The molecule has 1 aliphatic heterocycles. The van der Waals surface area contributed by atoms with Gasteiger partial charge in [-0.15, -0.1) is 0 Å². The van der Waals surface area contributed by atoms with E-state index in [1.165, 1.54) is 6.26 Å². The Kier molecular flexibility index (Phi) is 4.58. The summed E-state index contributed by atoms with van der Waals surface area (Å²) < 4.78 is 5.18. The van der Waals surface area contributed by atoms with E-state index in [4.69, 9.17) is 4.42 Å². The van der Waals surface area contributed by atoms with Crippen LogP contribution in [0.5, 0.6) is 0 Å². The fourth-order valence-electron chi connectivity index (χ4n) is 3.48. The number of oxazole rings is 1. The van der Waals surface area contributed by atoms with Gasteiger partial charge in [0, 0.05) is 37.4 Å². The predicted octanol–water partition coefficient (Wildman–Crippen LogP) is 1.67. The van der Waals surface area contributed by atoms with Crippen molar-refractivity contribution in [2.45, 2.75) is 45.4 Å². The summed E-state index contributed by atoms with van der Waals surface area (Å²) in [5, 5.41) is 13.6. The summed E-state index contributed by atoms with van der Waals surface area (Å²) in [5.74, 6) is -0.424. The first kappa shape index (κ1) is 18.1. The molecular weight excluding hydrogens is 364 g/mol. The lowest BCUT2D eigenvalue weighted by Crippen LogP contribution is -2.28. The summed E-state index contributed by atoms with van der Waals surface area (Å²) in [4.78, 5) is 40.8. The summed E-state index contributed by atoms with van der Waals surface area (Å²) >= 11 is 0. The van der Waals surface area contributed by atoms with Crippen molar-refractivity contribution in [1.82, 2.24) is 15.2 Å². The van der Waals surface area contributed by atoms with Crippen LogP contribution in [0, 0.1) is 16.0 Å². The minimum atomic E-state index is -0.730. The molecule has 2 aromatic rings. The number of hydrogen-bond acceptors (Lipinski definition) is 6. The largest absolute Gasteiger partial charge is 0.448 e. The van der Waals surface area contributed by atoms with Crippen LogP contribution in [0.2, 0.25) is 0 Å². The van der Waals surface area contributed by atoms with Gasteiger partial charge < -0.3 is 14.6 Å². The van der Waals surface area contributed by atoms with Crippen molar-refractivity contribution in [3.05, 3.63) is 62.9 Å². The molecule has 0 radical (unpaired) electrons. The van der Waals surface area contributed by atoms with Crippen LogP contribution in [0.3, 0.4) is 0 Å². The van der Waals surface area contributed by atoms with Crippen LogP contribution in [-0.2, 0) is 30.8 Å². The Morgan fingerprint density at radius 1 is 1.36 bits per heavy atom. The Hall–Kier alpha value is -3.23. The van der Waals surface area contributed by atoms with Gasteiger partial charge in [0.05, 0.1) is 0 Å². The normalized spacial score (nSPS) is 20.0. The highest BCUT2D eigenvalue weighted by Gasteiger charge is 2.55. The monoisotopic (exact) mass is 384 g/mol. The Morgan fingerprint density at radius 3 is 2.82 bits per heavy atom. The van der Waals surface area contributed by atoms with Crippen LogP contribution in [-0.4, -0.2) is 32.7 Å². The summed E-state index contributed by atoms with van der Waals surface area (Å²) in [6, 6.07) is 5.07. The van der Waals surface area contributed by atoms with Gasteiger partial charge in [-0.25, -0.2) is 4.98 Å². The van der Waals surface area contributed by atoms with Crippen molar-refractivity contribution in [3.63, 3.8) is 0 Å². The molecule has 146 valence electrons. The van der Waals surface area contributed by atoms with Crippen LogP contribution in [0.25, 0.3) is 0 Å². The molecule has 2 heterocycles. The summed E-state index contributed by atoms with van der Waals surface area (Å²) in [7, 11) is 0. The van der Waals surface area contributed by atoms with Crippen LogP contribution < -0.4 is 5.32 Å². The number of nitrogens with zero attached hydrogens (tertiary/aromatic N) is 3. The average molecular weight is 384 g/mol. The fourth-order valence-corrected chi connectivity index (χ4v) is 3.48. The molecule has 28 heavy (non-hydrogen) atoms. The lowest BCUT2D eigenvalue weighted by Gasteiger charge is -2.14. The lowest BCUT2D eigenvalue weighted by atomic mass is 10.1. The number of fused-ring (bicyclic) bond motifs is 1. The molecule has 4 rings (SSSR count). The number of carbonyl (C=O) groups excluding carboxylic acids is 2. The number of hydrogen-bond donors (Lipinski definition) is 1. The van der Waals surface area contributed by atoms with Crippen molar-refractivity contribution < 1.29 is 18.9 Å². The second-order valence-corrected chi connectivity index (χ2v) is 7.15. The molecule has 2 amide bonds. The highest BCUT2D eigenvalue weighted by Crippen LogP contribution is 2.37. The highest BCUT2D eigenvalue weighted by atomic mass is 16.6. The van der Waals surface area contributed by atoms with E-state index in [-0.39, 0.29) is 22.4 Å². The van der Waals surface area contributed by atoms with Crippen molar-refractivity contribution >= 4 is 11.8 Å². The molecule has 1 N–H and O–H groups in total. The lowest BCUT2D eigenvalue weighted by molar-refractivity contribution is -0.497. The molecule has 9 heteroatoms. The van der Waals surface area contributed by atoms with Gasteiger partial charge in [-0.05, 0) is 16.7 Å². The molecule has 2 atom stereocenters. The third kappa shape index (κ3) is 3.47. The fraction of sp³-hybridized carbons (Fsp3) is 0.421. The number of aryl methyl sites for hydroxylation is 1. The maximum absolute atomic E-state index is 12.4. The van der Waals surface area contributed by atoms with Crippen LogP contribution >= 0.6 is 0 Å². The predicted molar refractivity (Wildman–Crippen MR) is 96.6 cm³/mol. The summed E-state index contributed by atoms with van der Waals surface area (Å²) in [5.41, 5.74) is 3.20. The number of aromatic nitrogens is 1. The van der Waals surface area contributed by atoms with Crippen LogP contribution in [0.4, 0.5) is 0 Å². The van der Waals surface area contributed by atoms with Crippen molar-refractivity contribution in [2.75, 3.05) is 0 Å². The Bertz CT molecular complexity index is 954. The molecular formula is C19H20N4O5. The maximum atomic E-state index is 12.4. The quantitative estimate of drug-likeness (QED) is 0.598. The molecule has 1 saturated carbocycles. The standard InChI is InChI=1S/C19H20N4O5/c1-2-17-21-15(10-28-17)18(24)20-7-11-3-4-12-8-22(9-13(12)5-11)19(25)14-6-16(14)23(26)27/h3-5,10,14,16H,2,6-9H2,1H3,(H,20,24)/t14-,16-/m1/s1. The minimum Gasteiger partial charge on any atom is -0.448 e. The molecule has 1 aliphatic carbocycles. The molecule has 0 spiro atoms. The number of rotatable bonds is 6. The van der Waals surface area contributed by atoms with Gasteiger partial charge >= 0.3 is 0 Å². The Labute approximate surface area is 160 Å². The third-order valence-corrected chi connectivity index (χ3v) is 5.19. The topological polar surface area (TPSA) is 119 Å². The van der Waals surface area contributed by atoms with Crippen molar-refractivity contribution in [1.29, 1.82) is 0 Å². The number of benzene rings is 1. The smallest absolute Gasteiger partial charge is 0.273 e. The van der Waals surface area contributed by atoms with Gasteiger partial charge in [-0.2, -0.15) is 0 Å². The van der Waals surface area contributed by atoms with E-state index in [2.05, 4.69) is 10.3 Å². The summed E-state index contributed by atoms with van der Waals surface area (Å²) in [6.45, 7) is 3.15. The van der Waals surface area contributed by atoms with Gasteiger partial charge in [0.15, 0.2) is 11.6 Å². The number of carbonyl (C=O) groups is 2. The van der Waals surface area contributed by atoms with E-state index < -0.39 is 12.0 Å². The van der Waals surface area contributed by atoms with E-state index in [9.17, 15) is 19.7 Å². The molecule has 0 unspecified atom stereocenters. The second kappa shape index (κ2) is 7.06. The minimum absolute atomic E-state index is 0.148. The van der Waals surface area contributed by atoms with Gasteiger partial charge in [-0.1, -0.05) is 25.1 Å². The molecule has 9 nitrogen and oxygen atoms in total. The van der Waals surface area contributed by atoms with E-state index >= 15 is 0 Å². The SMILES string of the molecule is CCc1nc(C(=O)NCc2ccc3c(c2)CN(C(=O)[C@@H]2C[C@H]2[N+](=O)[O-])C3)co1. The molecule has 0 bridgehead atoms. The molecule has 1 aromatic carbocycles. The first-order valence-electron chi connectivity index (χ1n) is 9.21. The number of nitrogens with one attached hydrogen (secondary N) is 1. The van der Waals surface area contributed by atoms with Gasteiger partial charge in [0.25, 0.3) is 5.91 Å². The van der Waals surface area contributed by atoms with Gasteiger partial charge in [0.2, 0.25) is 11.9 Å². The first-order chi connectivity index (χ1) is 13.5. The highest BCUT2D eigenvalue weighted by molar-refractivity contribution is 5.91. The van der Waals surface area contributed by atoms with Crippen molar-refractivity contribution in [3.8, 4) is 0 Å². The second-order valence-electron chi connectivity index (χ2n) is 7.15. The molecule has 2 aliphatic rings. The first-order valence-corrected chi connectivity index (χ1v) is 9.21. The number of amides is 2. The van der Waals surface area contributed by atoms with Crippen LogP contribution in [0.15, 0.2) is 28.9 Å². The van der Waals surface area contributed by atoms with E-state index in [0.717, 1.165) is 16.7 Å². The Morgan fingerprint density at radius 2 is 2.14 bits per heavy atom. The summed E-state index contributed by atoms with van der Waals surface area (Å²) in [6.07, 6.45) is 2.30. The average Bonchev–Trinajstić information content (AvgIpc) is 3.16. The zero-order valence-electron chi connectivity index (χ0n) is 15.4. The zero-order valence-corrected chi connectivity index (χ0v) is 15.4. The Balaban J connectivity index is 1.35.